The molecule has 1 aromatic carbocycles. The summed E-state index contributed by atoms with van der Waals surface area (Å²) in [6.07, 6.45) is 1.41. The summed E-state index contributed by atoms with van der Waals surface area (Å²) < 4.78 is 20.5. The van der Waals surface area contributed by atoms with Crippen molar-refractivity contribution in [1.29, 1.82) is 0 Å². The number of aromatic carboxylic acids is 1. The summed E-state index contributed by atoms with van der Waals surface area (Å²) in [4.78, 5) is 14.8. The number of aromatic nitrogens is 2. The number of benzene rings is 1. The first-order chi connectivity index (χ1) is 8.52. The molecule has 0 saturated carbocycles. The van der Waals surface area contributed by atoms with Crippen molar-refractivity contribution in [2.24, 2.45) is 0 Å². The van der Waals surface area contributed by atoms with Gasteiger partial charge in [-0.15, -0.1) is 0 Å². The van der Waals surface area contributed by atoms with Gasteiger partial charge in [-0.1, -0.05) is 0 Å². The topological polar surface area (TPSA) is 64.4 Å². The van der Waals surface area contributed by atoms with E-state index < -0.39 is 11.8 Å². The molecule has 0 aliphatic rings. The Morgan fingerprint density at radius 3 is 2.94 bits per heavy atom. The highest BCUT2D eigenvalue weighted by Crippen LogP contribution is 2.19. The lowest BCUT2D eigenvalue weighted by Gasteiger charge is -2.11. The zero-order valence-corrected chi connectivity index (χ0v) is 10.1. The lowest BCUT2D eigenvalue weighted by atomic mass is 10.2. The van der Waals surface area contributed by atoms with Crippen molar-refractivity contribution < 1.29 is 19.0 Å². The third kappa shape index (κ3) is 2.19. The van der Waals surface area contributed by atoms with Crippen LogP contribution in [0.5, 0.6) is 0 Å². The standard InChI is InChI=1S/C12H13FN2O3/c1-7(18-2)5-15-6-14-11-9(13)3-8(12(16)17)4-10(11)15/h3-4,6-7H,5H2,1-2H3,(H,16,17)/t7-/m1/s1. The fraction of sp³-hybridized carbons (Fsp3) is 0.333. The summed E-state index contributed by atoms with van der Waals surface area (Å²) in [6.45, 7) is 2.35. The van der Waals surface area contributed by atoms with E-state index in [0.717, 1.165) is 6.07 Å². The molecule has 0 fully saturated rings. The van der Waals surface area contributed by atoms with Crippen LogP contribution in [0.2, 0.25) is 0 Å². The van der Waals surface area contributed by atoms with Gasteiger partial charge in [-0.05, 0) is 19.1 Å². The van der Waals surface area contributed by atoms with Crippen molar-refractivity contribution in [3.8, 4) is 0 Å². The Bertz CT molecular complexity index is 594. The van der Waals surface area contributed by atoms with Crippen LogP contribution in [-0.2, 0) is 11.3 Å². The average Bonchev–Trinajstić information content (AvgIpc) is 2.72. The van der Waals surface area contributed by atoms with Gasteiger partial charge in [0.25, 0.3) is 0 Å². The number of rotatable bonds is 4. The Morgan fingerprint density at radius 1 is 1.61 bits per heavy atom. The zero-order valence-electron chi connectivity index (χ0n) is 10.1. The summed E-state index contributed by atoms with van der Waals surface area (Å²) in [5.74, 6) is -1.79. The Balaban J connectivity index is 2.53. The minimum atomic E-state index is -1.16. The van der Waals surface area contributed by atoms with E-state index in [1.165, 1.54) is 12.4 Å². The first kappa shape index (κ1) is 12.5. The molecule has 2 aromatic rings. The lowest BCUT2D eigenvalue weighted by molar-refractivity contribution is 0.0696. The molecular weight excluding hydrogens is 239 g/mol. The molecule has 1 aromatic heterocycles. The fourth-order valence-electron chi connectivity index (χ4n) is 1.74. The molecule has 0 bridgehead atoms. The predicted molar refractivity (Wildman–Crippen MR) is 63.1 cm³/mol. The maximum absolute atomic E-state index is 13.7. The van der Waals surface area contributed by atoms with E-state index in [-0.39, 0.29) is 17.2 Å². The number of hydrogen-bond acceptors (Lipinski definition) is 3. The predicted octanol–water partition coefficient (Wildman–Crippen LogP) is 1.91. The van der Waals surface area contributed by atoms with Crippen molar-refractivity contribution >= 4 is 17.0 Å². The van der Waals surface area contributed by atoms with Gasteiger partial charge in [-0.25, -0.2) is 14.2 Å². The number of carboxylic acid groups (broad SMARTS) is 1. The van der Waals surface area contributed by atoms with Crippen LogP contribution in [0.15, 0.2) is 18.5 Å². The van der Waals surface area contributed by atoms with Gasteiger partial charge in [-0.3, -0.25) is 0 Å². The van der Waals surface area contributed by atoms with Crippen LogP contribution in [0.25, 0.3) is 11.0 Å². The molecule has 1 atom stereocenters. The van der Waals surface area contributed by atoms with Crippen LogP contribution in [-0.4, -0.2) is 33.8 Å². The van der Waals surface area contributed by atoms with Gasteiger partial charge in [0, 0.05) is 7.11 Å². The molecule has 0 amide bonds. The molecule has 2 rings (SSSR count). The maximum atomic E-state index is 13.7. The van der Waals surface area contributed by atoms with Crippen molar-refractivity contribution in [3.63, 3.8) is 0 Å². The van der Waals surface area contributed by atoms with E-state index in [4.69, 9.17) is 9.84 Å². The smallest absolute Gasteiger partial charge is 0.335 e. The molecule has 0 unspecified atom stereocenters. The van der Waals surface area contributed by atoms with Crippen LogP contribution in [0.3, 0.4) is 0 Å². The molecule has 6 heteroatoms. The minimum absolute atomic E-state index is 0.0704. The van der Waals surface area contributed by atoms with Gasteiger partial charge in [0.2, 0.25) is 0 Å². The van der Waals surface area contributed by atoms with E-state index in [2.05, 4.69) is 4.98 Å². The van der Waals surface area contributed by atoms with Crippen LogP contribution >= 0.6 is 0 Å². The molecule has 1 N–H and O–H groups in total. The third-order valence-corrected chi connectivity index (χ3v) is 2.78. The molecular formula is C12H13FN2O3. The van der Waals surface area contributed by atoms with Crippen molar-refractivity contribution in [1.82, 2.24) is 9.55 Å². The number of imidazole rings is 1. The number of nitrogens with zero attached hydrogens (tertiary/aromatic N) is 2. The average molecular weight is 252 g/mol. The summed E-state index contributed by atoms with van der Waals surface area (Å²) >= 11 is 0. The normalized spacial score (nSPS) is 12.8. The number of ether oxygens (including phenoxy) is 1. The minimum Gasteiger partial charge on any atom is -0.478 e. The summed E-state index contributed by atoms with van der Waals surface area (Å²) in [7, 11) is 1.58. The van der Waals surface area contributed by atoms with E-state index in [0.29, 0.717) is 12.1 Å². The highest BCUT2D eigenvalue weighted by molar-refractivity contribution is 5.92. The SMILES string of the molecule is CO[C@H](C)Cn1cnc2c(F)cc(C(=O)O)cc21. The van der Waals surface area contributed by atoms with Crippen molar-refractivity contribution in [3.05, 3.63) is 29.8 Å². The number of carboxylic acids is 1. The number of carbonyl (C=O) groups is 1. The molecule has 0 aliphatic heterocycles. The molecule has 0 saturated heterocycles. The van der Waals surface area contributed by atoms with E-state index in [1.807, 2.05) is 6.92 Å². The molecule has 0 radical (unpaired) electrons. The van der Waals surface area contributed by atoms with Crippen molar-refractivity contribution in [2.45, 2.75) is 19.6 Å². The zero-order chi connectivity index (χ0) is 13.3. The number of fused-ring (bicyclic) bond motifs is 1. The second-order valence-corrected chi connectivity index (χ2v) is 4.07. The molecule has 96 valence electrons. The van der Waals surface area contributed by atoms with Crippen molar-refractivity contribution in [2.75, 3.05) is 7.11 Å². The van der Waals surface area contributed by atoms with Gasteiger partial charge in [0.1, 0.15) is 5.52 Å². The number of halogens is 1. The fourth-order valence-corrected chi connectivity index (χ4v) is 1.74. The summed E-state index contributed by atoms with van der Waals surface area (Å²) in [5, 5.41) is 8.90. The second kappa shape index (κ2) is 4.73. The van der Waals surface area contributed by atoms with Crippen LogP contribution in [0.1, 0.15) is 17.3 Å². The highest BCUT2D eigenvalue weighted by atomic mass is 19.1. The molecule has 0 aliphatic carbocycles. The second-order valence-electron chi connectivity index (χ2n) is 4.07. The van der Waals surface area contributed by atoms with E-state index >= 15 is 0 Å². The van der Waals surface area contributed by atoms with Gasteiger partial charge < -0.3 is 14.4 Å². The lowest BCUT2D eigenvalue weighted by Crippen LogP contribution is -2.14. The number of hydrogen-bond donors (Lipinski definition) is 1. The van der Waals surface area contributed by atoms with Gasteiger partial charge in [-0.2, -0.15) is 0 Å². The van der Waals surface area contributed by atoms with Gasteiger partial charge in [0.05, 0.1) is 30.1 Å². The largest absolute Gasteiger partial charge is 0.478 e. The summed E-state index contributed by atoms with van der Waals surface area (Å²) in [5.41, 5.74) is 0.534. The van der Waals surface area contributed by atoms with Gasteiger partial charge >= 0.3 is 5.97 Å². The van der Waals surface area contributed by atoms with E-state index in [1.54, 1.807) is 11.7 Å². The van der Waals surface area contributed by atoms with Crippen LogP contribution in [0, 0.1) is 5.82 Å². The first-order valence-corrected chi connectivity index (χ1v) is 5.43. The monoisotopic (exact) mass is 252 g/mol. The summed E-state index contributed by atoms with van der Waals surface area (Å²) in [6, 6.07) is 2.39. The Kier molecular flexibility index (Phi) is 3.29. The quantitative estimate of drug-likeness (QED) is 0.902. The van der Waals surface area contributed by atoms with E-state index in [9.17, 15) is 9.18 Å². The number of methoxy groups -OCH3 is 1. The molecule has 0 spiro atoms. The van der Waals surface area contributed by atoms with Gasteiger partial charge in [0.15, 0.2) is 5.82 Å². The Hall–Kier alpha value is -1.95. The third-order valence-electron chi connectivity index (χ3n) is 2.78. The highest BCUT2D eigenvalue weighted by Gasteiger charge is 2.14. The van der Waals surface area contributed by atoms with Crippen LogP contribution in [0.4, 0.5) is 4.39 Å². The Morgan fingerprint density at radius 2 is 2.33 bits per heavy atom. The van der Waals surface area contributed by atoms with Crippen LogP contribution < -0.4 is 0 Å². The molecule has 1 heterocycles. The molecule has 5 nitrogen and oxygen atoms in total. The molecule has 18 heavy (non-hydrogen) atoms. The first-order valence-electron chi connectivity index (χ1n) is 5.43. The Labute approximate surface area is 103 Å². The maximum Gasteiger partial charge on any atom is 0.335 e.